The molecule has 0 amide bonds. The Bertz CT molecular complexity index is 567. The Balaban J connectivity index is 2.50. The molecule has 2 rings (SSSR count). The van der Waals surface area contributed by atoms with E-state index in [1.165, 1.54) is 36.5 Å². The minimum absolute atomic E-state index is 0.0145. The van der Waals surface area contributed by atoms with Gasteiger partial charge in [0, 0.05) is 5.56 Å². The number of benzene rings is 1. The van der Waals surface area contributed by atoms with Crippen molar-refractivity contribution in [3.63, 3.8) is 0 Å². The lowest BCUT2D eigenvalue weighted by Crippen LogP contribution is -2.03. The summed E-state index contributed by atoms with van der Waals surface area (Å²) in [5, 5.41) is 8.91. The minimum Gasteiger partial charge on any atom is -0.478 e. The van der Waals surface area contributed by atoms with E-state index in [2.05, 4.69) is 4.98 Å². The van der Waals surface area contributed by atoms with E-state index in [1.807, 2.05) is 0 Å². The quantitative estimate of drug-likeness (QED) is 0.831. The number of anilines is 1. The van der Waals surface area contributed by atoms with E-state index in [4.69, 9.17) is 10.8 Å². The van der Waals surface area contributed by atoms with Crippen LogP contribution in [-0.4, -0.2) is 16.1 Å². The van der Waals surface area contributed by atoms with Crippen molar-refractivity contribution in [3.05, 3.63) is 47.9 Å². The fraction of sp³-hybridized carbons (Fsp3) is 0. The lowest BCUT2D eigenvalue weighted by Gasteiger charge is -2.04. The molecule has 0 saturated carbocycles. The highest BCUT2D eigenvalue weighted by Crippen LogP contribution is 2.21. The summed E-state index contributed by atoms with van der Waals surface area (Å²) in [5.41, 5.74) is 6.65. The molecule has 1 aromatic heterocycles. The van der Waals surface area contributed by atoms with E-state index in [-0.39, 0.29) is 17.1 Å². The first-order chi connectivity index (χ1) is 8.08. The van der Waals surface area contributed by atoms with Crippen LogP contribution < -0.4 is 5.73 Å². The third-order valence-electron chi connectivity index (χ3n) is 2.31. The number of carboxylic acid groups (broad SMARTS) is 1. The zero-order chi connectivity index (χ0) is 12.4. The van der Waals surface area contributed by atoms with Crippen LogP contribution in [0.4, 0.5) is 10.1 Å². The maximum atomic E-state index is 12.7. The van der Waals surface area contributed by atoms with Crippen LogP contribution in [0.15, 0.2) is 36.5 Å². The van der Waals surface area contributed by atoms with Gasteiger partial charge in [0.25, 0.3) is 0 Å². The highest BCUT2D eigenvalue weighted by atomic mass is 19.1. The predicted octanol–water partition coefficient (Wildman–Crippen LogP) is 2.17. The van der Waals surface area contributed by atoms with Crippen LogP contribution in [0.2, 0.25) is 0 Å². The molecule has 17 heavy (non-hydrogen) atoms. The third kappa shape index (κ3) is 2.23. The number of nitrogen functional groups attached to an aromatic ring is 1. The predicted molar refractivity (Wildman–Crippen MR) is 61.0 cm³/mol. The van der Waals surface area contributed by atoms with Gasteiger partial charge in [-0.3, -0.25) is 4.98 Å². The number of rotatable bonds is 2. The molecule has 1 aromatic carbocycles. The smallest absolute Gasteiger partial charge is 0.337 e. The van der Waals surface area contributed by atoms with Crippen molar-refractivity contribution >= 4 is 11.7 Å². The molecular weight excluding hydrogens is 223 g/mol. The van der Waals surface area contributed by atoms with E-state index in [9.17, 15) is 9.18 Å². The number of carbonyl (C=O) groups is 1. The van der Waals surface area contributed by atoms with Gasteiger partial charge in [0.15, 0.2) is 0 Å². The maximum Gasteiger partial charge on any atom is 0.337 e. The number of aromatic carboxylic acids is 1. The number of hydrogen-bond donors (Lipinski definition) is 2. The fourth-order valence-electron chi connectivity index (χ4n) is 1.43. The Hall–Kier alpha value is -2.43. The molecule has 2 aromatic rings. The second-order valence-electron chi connectivity index (χ2n) is 3.47. The zero-order valence-corrected chi connectivity index (χ0v) is 8.72. The first kappa shape index (κ1) is 11.1. The summed E-state index contributed by atoms with van der Waals surface area (Å²) in [4.78, 5) is 14.9. The fourth-order valence-corrected chi connectivity index (χ4v) is 1.43. The maximum absolute atomic E-state index is 12.7. The first-order valence-electron chi connectivity index (χ1n) is 4.82. The van der Waals surface area contributed by atoms with Gasteiger partial charge in [-0.05, 0) is 30.3 Å². The van der Waals surface area contributed by atoms with Crippen LogP contribution in [0.3, 0.4) is 0 Å². The largest absolute Gasteiger partial charge is 0.478 e. The summed E-state index contributed by atoms with van der Waals surface area (Å²) in [6.45, 7) is 0. The van der Waals surface area contributed by atoms with Gasteiger partial charge >= 0.3 is 5.97 Å². The highest BCUT2D eigenvalue weighted by Gasteiger charge is 2.10. The van der Waals surface area contributed by atoms with Crippen molar-refractivity contribution in [2.24, 2.45) is 0 Å². The normalized spacial score (nSPS) is 10.2. The van der Waals surface area contributed by atoms with Crippen LogP contribution in [0, 0.1) is 5.82 Å². The van der Waals surface area contributed by atoms with Crippen LogP contribution in [0.25, 0.3) is 11.3 Å². The van der Waals surface area contributed by atoms with E-state index in [1.54, 1.807) is 0 Å². The van der Waals surface area contributed by atoms with Gasteiger partial charge in [-0.15, -0.1) is 0 Å². The molecule has 0 spiro atoms. The molecule has 0 aliphatic rings. The number of pyridine rings is 1. The SMILES string of the molecule is Nc1cnc(-c2ccc(F)cc2)cc1C(=O)O. The molecule has 0 unspecified atom stereocenters. The summed E-state index contributed by atoms with van der Waals surface area (Å²) in [6, 6.07) is 6.99. The molecule has 3 N–H and O–H groups in total. The second kappa shape index (κ2) is 4.21. The highest BCUT2D eigenvalue weighted by molar-refractivity contribution is 5.94. The van der Waals surface area contributed by atoms with Gasteiger partial charge in [-0.2, -0.15) is 0 Å². The molecule has 1 heterocycles. The molecule has 0 bridgehead atoms. The summed E-state index contributed by atoms with van der Waals surface area (Å²) in [6.07, 6.45) is 1.28. The number of aromatic nitrogens is 1. The van der Waals surface area contributed by atoms with Gasteiger partial charge in [0.05, 0.1) is 23.1 Å². The molecule has 0 saturated heterocycles. The Morgan fingerprint density at radius 2 is 1.94 bits per heavy atom. The molecular formula is C12H9FN2O2. The first-order valence-corrected chi connectivity index (χ1v) is 4.82. The average Bonchev–Trinajstić information content (AvgIpc) is 2.30. The minimum atomic E-state index is -1.12. The molecule has 0 aliphatic heterocycles. The van der Waals surface area contributed by atoms with E-state index in [0.29, 0.717) is 11.3 Å². The van der Waals surface area contributed by atoms with Crippen LogP contribution in [0.1, 0.15) is 10.4 Å². The van der Waals surface area contributed by atoms with Gasteiger partial charge in [0.1, 0.15) is 5.82 Å². The van der Waals surface area contributed by atoms with Gasteiger partial charge in [-0.1, -0.05) is 0 Å². The number of nitrogens with zero attached hydrogens (tertiary/aromatic N) is 1. The van der Waals surface area contributed by atoms with Crippen molar-refractivity contribution in [2.45, 2.75) is 0 Å². The standard InChI is InChI=1S/C12H9FN2O2/c13-8-3-1-7(2-4-8)11-5-9(12(16)17)10(14)6-15-11/h1-6H,14H2,(H,16,17). The number of carboxylic acids is 1. The van der Waals surface area contributed by atoms with Crippen molar-refractivity contribution in [3.8, 4) is 11.3 Å². The summed E-state index contributed by atoms with van der Waals surface area (Å²) < 4.78 is 12.7. The van der Waals surface area contributed by atoms with Crippen molar-refractivity contribution < 1.29 is 14.3 Å². The van der Waals surface area contributed by atoms with E-state index >= 15 is 0 Å². The van der Waals surface area contributed by atoms with Gasteiger partial charge in [0.2, 0.25) is 0 Å². The summed E-state index contributed by atoms with van der Waals surface area (Å²) in [5.74, 6) is -1.48. The van der Waals surface area contributed by atoms with Crippen molar-refractivity contribution in [1.29, 1.82) is 0 Å². The Labute approximate surface area is 96.5 Å². The van der Waals surface area contributed by atoms with Crippen molar-refractivity contribution in [2.75, 3.05) is 5.73 Å². The lowest BCUT2D eigenvalue weighted by molar-refractivity contribution is 0.0698. The van der Waals surface area contributed by atoms with Gasteiger partial charge < -0.3 is 10.8 Å². The van der Waals surface area contributed by atoms with E-state index < -0.39 is 5.97 Å². The van der Waals surface area contributed by atoms with Crippen LogP contribution >= 0.6 is 0 Å². The van der Waals surface area contributed by atoms with Crippen molar-refractivity contribution in [1.82, 2.24) is 4.98 Å². The van der Waals surface area contributed by atoms with E-state index in [0.717, 1.165) is 0 Å². The molecule has 0 atom stereocenters. The zero-order valence-electron chi connectivity index (χ0n) is 8.72. The molecule has 4 nitrogen and oxygen atoms in total. The molecule has 5 heteroatoms. The average molecular weight is 232 g/mol. The molecule has 0 aliphatic carbocycles. The molecule has 0 radical (unpaired) electrons. The van der Waals surface area contributed by atoms with Crippen LogP contribution in [0.5, 0.6) is 0 Å². The number of nitrogens with two attached hydrogens (primary N) is 1. The molecule has 0 fully saturated rings. The lowest BCUT2D eigenvalue weighted by atomic mass is 10.1. The Morgan fingerprint density at radius 3 is 2.53 bits per heavy atom. The summed E-state index contributed by atoms with van der Waals surface area (Å²) in [7, 11) is 0. The number of halogens is 1. The van der Waals surface area contributed by atoms with Crippen LogP contribution in [-0.2, 0) is 0 Å². The van der Waals surface area contributed by atoms with Gasteiger partial charge in [-0.25, -0.2) is 9.18 Å². The second-order valence-corrected chi connectivity index (χ2v) is 3.47. The third-order valence-corrected chi connectivity index (χ3v) is 2.31. The monoisotopic (exact) mass is 232 g/mol. The summed E-state index contributed by atoms with van der Waals surface area (Å²) >= 11 is 0. The Morgan fingerprint density at radius 1 is 1.29 bits per heavy atom. The topological polar surface area (TPSA) is 76.2 Å². The Kier molecular flexibility index (Phi) is 2.74. The number of hydrogen-bond acceptors (Lipinski definition) is 3. The molecule has 86 valence electrons.